The molecule has 1 aliphatic heterocycles. The quantitative estimate of drug-likeness (QED) is 0.136. The van der Waals surface area contributed by atoms with Crippen molar-refractivity contribution in [1.29, 1.82) is 0 Å². The van der Waals surface area contributed by atoms with Gasteiger partial charge >= 0.3 is 0 Å². The molecule has 1 aliphatic rings. The number of benzene rings is 8. The summed E-state index contributed by atoms with van der Waals surface area (Å²) in [5, 5.41) is 1.92. The molecule has 8 aromatic carbocycles. The van der Waals surface area contributed by atoms with E-state index in [2.05, 4.69) is 280 Å². The summed E-state index contributed by atoms with van der Waals surface area (Å²) in [6, 6.07) is 92.0. The van der Waals surface area contributed by atoms with Gasteiger partial charge in [0, 0.05) is 56.0 Å². The van der Waals surface area contributed by atoms with E-state index < -0.39 is 0 Å². The molecule has 13 rings (SSSR count). The Morgan fingerprint density at radius 3 is 1.19 bits per heavy atom. The fourth-order valence-electron chi connectivity index (χ4n) is 10.4. The standard InChI is InChI=1S/C66H46N6/c1-9-25-44(26-10-1)52-43-55-56(45-27-11-2-12-28-45)53-41-42-54(67-53)57(46-29-13-3-14-30-46)62-58(47-31-15-4-16-32-47)61(50-37-21-7-22-38-50)66(72(62)51-39-23-8-24-40-51)71-65-60(49-35-19-6-20-36-49)59(48-33-17-5-18-34-48)64(70-65)69-63(52)68-55/h1-43,67H,(H2,68,69,70,71). The van der Waals surface area contributed by atoms with Crippen LogP contribution in [0, 0.1) is 0 Å². The van der Waals surface area contributed by atoms with Gasteiger partial charge in [0.2, 0.25) is 0 Å². The summed E-state index contributed by atoms with van der Waals surface area (Å²) in [5.74, 6) is 1.36. The number of para-hydroxylation sites is 1. The Labute approximate surface area is 416 Å². The smallest absolute Gasteiger partial charge is 0.148 e. The number of nitrogens with zero attached hydrogens (tertiary/aromatic N) is 3. The number of fused-ring (bicyclic) bond motifs is 8. The van der Waals surface area contributed by atoms with Gasteiger partial charge in [-0.3, -0.25) is 4.57 Å². The highest BCUT2D eigenvalue weighted by Gasteiger charge is 2.27. The average molecular weight is 923 g/mol. The van der Waals surface area contributed by atoms with Gasteiger partial charge in [-0.05, 0) is 69.3 Å². The van der Waals surface area contributed by atoms with E-state index in [9.17, 15) is 0 Å². The monoisotopic (exact) mass is 922 g/mol. The molecular formula is C66H46N6. The molecule has 8 bridgehead atoms. The largest absolute Gasteiger partial charge is 0.354 e. The van der Waals surface area contributed by atoms with Crippen LogP contribution < -0.4 is 21.7 Å². The molecule has 4 aromatic heterocycles. The van der Waals surface area contributed by atoms with E-state index in [1.807, 2.05) is 0 Å². The molecule has 0 amide bonds. The van der Waals surface area contributed by atoms with Gasteiger partial charge in [-0.2, -0.15) is 0 Å². The zero-order chi connectivity index (χ0) is 47.8. The molecule has 0 spiro atoms. The first-order valence-electron chi connectivity index (χ1n) is 24.3. The third-order valence-electron chi connectivity index (χ3n) is 13.5. The molecule has 0 unspecified atom stereocenters. The van der Waals surface area contributed by atoms with Crippen LogP contribution in [0.2, 0.25) is 0 Å². The van der Waals surface area contributed by atoms with Crippen molar-refractivity contribution in [2.75, 3.05) is 0 Å². The van der Waals surface area contributed by atoms with Crippen LogP contribution in [0.5, 0.6) is 0 Å². The highest BCUT2D eigenvalue weighted by atomic mass is 15.1. The van der Waals surface area contributed by atoms with E-state index in [1.165, 1.54) is 0 Å². The van der Waals surface area contributed by atoms with E-state index in [0.29, 0.717) is 11.6 Å². The summed E-state index contributed by atoms with van der Waals surface area (Å²) in [6.07, 6.45) is 0. The molecule has 5 heterocycles. The van der Waals surface area contributed by atoms with E-state index in [-0.39, 0.29) is 0 Å². The Kier molecular flexibility index (Phi) is 10.7. The lowest BCUT2D eigenvalue weighted by molar-refractivity contribution is 0.946. The van der Waals surface area contributed by atoms with Crippen molar-refractivity contribution < 1.29 is 0 Å². The molecule has 6 heteroatoms. The lowest BCUT2D eigenvalue weighted by atomic mass is 9.94. The molecule has 0 atom stereocenters. The van der Waals surface area contributed by atoms with Crippen molar-refractivity contribution in [3.8, 4) is 61.3 Å². The first-order chi connectivity index (χ1) is 35.7. The van der Waals surface area contributed by atoms with E-state index in [4.69, 9.17) is 9.98 Å². The van der Waals surface area contributed by atoms with Crippen molar-refractivity contribution >= 4 is 22.8 Å². The molecule has 0 saturated carbocycles. The van der Waals surface area contributed by atoms with E-state index >= 15 is 0 Å². The molecule has 0 fully saturated rings. The van der Waals surface area contributed by atoms with Crippen LogP contribution in [0.1, 0.15) is 22.5 Å². The maximum atomic E-state index is 6.04. The number of nitrogens with one attached hydrogen (secondary N) is 3. The van der Waals surface area contributed by atoms with Gasteiger partial charge in [-0.25, -0.2) is 9.98 Å². The Morgan fingerprint density at radius 2 is 0.694 bits per heavy atom. The van der Waals surface area contributed by atoms with Gasteiger partial charge < -0.3 is 15.0 Å². The number of hydrogen-bond donors (Lipinski definition) is 3. The topological polar surface area (TPSA) is 77.0 Å². The predicted octanol–water partition coefficient (Wildman–Crippen LogP) is 13.5. The van der Waals surface area contributed by atoms with Crippen molar-refractivity contribution in [2.24, 2.45) is 9.98 Å². The summed E-state index contributed by atoms with van der Waals surface area (Å²) in [7, 11) is 0. The minimum absolute atomic E-state index is 0.678. The van der Waals surface area contributed by atoms with Crippen LogP contribution in [-0.4, -0.2) is 19.5 Å². The van der Waals surface area contributed by atoms with E-state index in [0.717, 1.165) is 117 Å². The highest BCUT2D eigenvalue weighted by molar-refractivity contribution is 5.97. The average Bonchev–Trinajstić information content (AvgIpc) is 4.25. The number of aromatic amines is 3. The molecular weight excluding hydrogens is 877 g/mol. The third kappa shape index (κ3) is 7.55. The van der Waals surface area contributed by atoms with Gasteiger partial charge in [0.05, 0.1) is 10.7 Å². The molecule has 340 valence electrons. The molecule has 6 nitrogen and oxygen atoms in total. The number of H-pyrrole nitrogens is 3. The summed E-state index contributed by atoms with van der Waals surface area (Å²) in [4.78, 5) is 23.6. The van der Waals surface area contributed by atoms with Gasteiger partial charge in [0.15, 0.2) is 0 Å². The van der Waals surface area contributed by atoms with Crippen LogP contribution in [0.25, 0.3) is 72.5 Å². The first kappa shape index (κ1) is 42.3. The van der Waals surface area contributed by atoms with Crippen LogP contribution in [0.3, 0.4) is 0 Å². The fraction of sp³-hybridized carbons (Fsp3) is 0. The van der Waals surface area contributed by atoms with Crippen molar-refractivity contribution in [3.05, 3.63) is 305 Å². The van der Waals surface area contributed by atoms with Crippen molar-refractivity contribution in [2.45, 2.75) is 0 Å². The van der Waals surface area contributed by atoms with Crippen molar-refractivity contribution in [3.63, 3.8) is 0 Å². The van der Waals surface area contributed by atoms with Crippen LogP contribution in [0.15, 0.2) is 271 Å². The SMILES string of the molecule is c1ccc(C2=c3cc(-c4ccccc4)c([nH]3)=Nc3[nH]c(c(-c4ccccc4)c3-c3ccccc3)N=c3c(-c4ccccc4)c(-c4ccccc4)c(n3-c3ccccc3)=C(c3ccccc3)c3ccc2[nH]3)cc1. The predicted molar refractivity (Wildman–Crippen MR) is 292 cm³/mol. The van der Waals surface area contributed by atoms with Crippen LogP contribution in [-0.2, 0) is 0 Å². The zero-order valence-corrected chi connectivity index (χ0v) is 39.2. The minimum atomic E-state index is 0.678. The number of rotatable bonds is 8. The normalized spacial score (nSPS) is 12.1. The zero-order valence-electron chi connectivity index (χ0n) is 39.2. The molecule has 12 aromatic rings. The fourth-order valence-corrected chi connectivity index (χ4v) is 10.4. The second kappa shape index (κ2) is 18.3. The highest BCUT2D eigenvalue weighted by Crippen LogP contribution is 2.46. The van der Waals surface area contributed by atoms with E-state index in [1.54, 1.807) is 0 Å². The van der Waals surface area contributed by atoms with Crippen LogP contribution in [0.4, 0.5) is 11.6 Å². The van der Waals surface area contributed by atoms with Gasteiger partial charge in [-0.1, -0.05) is 231 Å². The molecule has 0 saturated heterocycles. The Bertz CT molecular complexity index is 4140. The molecule has 3 N–H and O–H groups in total. The second-order valence-electron chi connectivity index (χ2n) is 17.9. The van der Waals surface area contributed by atoms with Gasteiger partial charge in [0.25, 0.3) is 0 Å². The lowest BCUT2D eigenvalue weighted by Crippen LogP contribution is -2.28. The van der Waals surface area contributed by atoms with Gasteiger partial charge in [0.1, 0.15) is 22.6 Å². The minimum Gasteiger partial charge on any atom is -0.354 e. The Morgan fingerprint density at radius 1 is 0.306 bits per heavy atom. The second-order valence-corrected chi connectivity index (χ2v) is 17.9. The Balaban J connectivity index is 1.33. The number of hydrogen-bond acceptors (Lipinski definition) is 2. The third-order valence-corrected chi connectivity index (χ3v) is 13.5. The molecule has 0 aliphatic carbocycles. The lowest BCUT2D eigenvalue weighted by Gasteiger charge is -2.13. The Hall–Kier alpha value is -9.78. The van der Waals surface area contributed by atoms with Crippen LogP contribution >= 0.6 is 0 Å². The molecule has 0 radical (unpaired) electrons. The first-order valence-corrected chi connectivity index (χ1v) is 24.3. The van der Waals surface area contributed by atoms with Gasteiger partial charge in [-0.15, -0.1) is 0 Å². The maximum Gasteiger partial charge on any atom is 0.148 e. The molecule has 72 heavy (non-hydrogen) atoms. The summed E-state index contributed by atoms with van der Waals surface area (Å²) in [5.41, 5.74) is 18.6. The summed E-state index contributed by atoms with van der Waals surface area (Å²) in [6.45, 7) is 0. The summed E-state index contributed by atoms with van der Waals surface area (Å²) >= 11 is 0. The maximum absolute atomic E-state index is 6.04. The summed E-state index contributed by atoms with van der Waals surface area (Å²) < 4.78 is 2.37. The van der Waals surface area contributed by atoms with Crippen molar-refractivity contribution in [1.82, 2.24) is 19.5 Å². The number of aromatic nitrogens is 4.